The number of carbonyl (C=O) groups is 4. The van der Waals surface area contributed by atoms with Crippen LogP contribution in [0.2, 0.25) is 10.0 Å². The fourth-order valence-corrected chi connectivity index (χ4v) is 4.76. The average Bonchev–Trinajstić information content (AvgIpc) is 2.95. The number of hydrogen-bond acceptors (Lipinski definition) is 8. The standard InChI is InChI=1S/C31H22Cl2O8/c1-15-21(11-13-23(34)25(15)36)29(40)31(27(38)17-3-7-19(32)8-4-17,28(39)18-5-9-20(33)10-6-18)30(41)22-12-14-24(35)26(37)16(22)2/h3-14,25-26,36-37,40-41H,1-2H2. The third-order valence-electron chi connectivity index (χ3n) is 6.83. The van der Waals surface area contributed by atoms with Crippen molar-refractivity contribution in [3.63, 3.8) is 0 Å². The van der Waals surface area contributed by atoms with Gasteiger partial charge in [-0.05, 0) is 84.0 Å². The molecule has 0 saturated heterocycles. The van der Waals surface area contributed by atoms with E-state index in [4.69, 9.17) is 23.2 Å². The predicted octanol–water partition coefficient (Wildman–Crippen LogP) is 4.78. The number of carbonyl (C=O) groups excluding carboxylic acids is 4. The molecule has 0 amide bonds. The van der Waals surface area contributed by atoms with E-state index < -0.39 is 52.3 Å². The van der Waals surface area contributed by atoms with Crippen LogP contribution in [-0.2, 0) is 9.59 Å². The molecule has 0 spiro atoms. The third kappa shape index (κ3) is 5.03. The number of ketones is 4. The number of allylic oxidation sites excluding steroid dienone is 2. The minimum Gasteiger partial charge on any atom is -0.510 e. The highest BCUT2D eigenvalue weighted by Gasteiger charge is 2.56. The van der Waals surface area contributed by atoms with Gasteiger partial charge in [-0.25, -0.2) is 0 Å². The molecule has 4 rings (SSSR count). The molecule has 0 saturated carbocycles. The smallest absolute Gasteiger partial charge is 0.210 e. The van der Waals surface area contributed by atoms with Crippen LogP contribution in [0.5, 0.6) is 0 Å². The van der Waals surface area contributed by atoms with Gasteiger partial charge in [-0.1, -0.05) is 36.4 Å². The number of rotatable bonds is 6. The molecule has 0 heterocycles. The van der Waals surface area contributed by atoms with Crippen LogP contribution in [0.4, 0.5) is 0 Å². The van der Waals surface area contributed by atoms with Gasteiger partial charge in [-0.3, -0.25) is 19.2 Å². The van der Waals surface area contributed by atoms with E-state index in [0.717, 1.165) is 24.3 Å². The summed E-state index contributed by atoms with van der Waals surface area (Å²) in [7, 11) is 0. The number of aliphatic hydroxyl groups excluding tert-OH is 4. The summed E-state index contributed by atoms with van der Waals surface area (Å²) in [4.78, 5) is 53.2. The van der Waals surface area contributed by atoms with E-state index in [0.29, 0.717) is 0 Å². The van der Waals surface area contributed by atoms with Crippen molar-refractivity contribution in [3.05, 3.63) is 141 Å². The molecule has 2 aromatic carbocycles. The Kier molecular flexibility index (Phi) is 8.15. The summed E-state index contributed by atoms with van der Waals surface area (Å²) >= 11 is 12.0. The van der Waals surface area contributed by atoms with Crippen LogP contribution < -0.4 is 0 Å². The van der Waals surface area contributed by atoms with Gasteiger partial charge in [0.25, 0.3) is 0 Å². The lowest BCUT2D eigenvalue weighted by molar-refractivity contribution is -0.121. The van der Waals surface area contributed by atoms with E-state index in [1.165, 1.54) is 48.5 Å². The van der Waals surface area contributed by atoms with Crippen LogP contribution in [0.25, 0.3) is 0 Å². The molecule has 0 aliphatic heterocycles. The minimum absolute atomic E-state index is 0.180. The highest BCUT2D eigenvalue weighted by Crippen LogP contribution is 2.46. The maximum absolute atomic E-state index is 14.5. The molecule has 4 N–H and O–H groups in total. The first-order valence-corrected chi connectivity index (χ1v) is 12.7. The molecule has 2 aromatic rings. The Morgan fingerprint density at radius 2 is 0.951 bits per heavy atom. The number of halogens is 2. The van der Waals surface area contributed by atoms with Gasteiger partial charge in [0.15, 0.2) is 23.1 Å². The summed E-state index contributed by atoms with van der Waals surface area (Å²) in [5.74, 6) is -5.99. The van der Waals surface area contributed by atoms with Crippen LogP contribution in [0.3, 0.4) is 0 Å². The molecule has 2 aliphatic rings. The summed E-state index contributed by atoms with van der Waals surface area (Å²) in [6.07, 6.45) is 0.304. The minimum atomic E-state index is -3.01. The van der Waals surface area contributed by atoms with Gasteiger partial charge in [0.05, 0.1) is 0 Å². The van der Waals surface area contributed by atoms with Crippen LogP contribution in [-0.4, -0.2) is 55.8 Å². The molecule has 8 nitrogen and oxygen atoms in total. The first-order valence-electron chi connectivity index (χ1n) is 12.0. The monoisotopic (exact) mass is 592 g/mol. The quantitative estimate of drug-likeness (QED) is 0.213. The lowest BCUT2D eigenvalue weighted by Gasteiger charge is -2.34. The number of Topliss-reactive ketones (excluding diaryl/α,β-unsaturated/α-hetero) is 2. The average molecular weight is 593 g/mol. The fourth-order valence-electron chi connectivity index (χ4n) is 4.51. The Morgan fingerprint density at radius 3 is 1.27 bits per heavy atom. The number of hydrogen-bond donors (Lipinski definition) is 4. The van der Waals surface area contributed by atoms with Crippen molar-refractivity contribution in [1.29, 1.82) is 0 Å². The van der Waals surface area contributed by atoms with Crippen molar-refractivity contribution in [2.75, 3.05) is 0 Å². The van der Waals surface area contributed by atoms with Crippen LogP contribution in [0, 0.1) is 5.41 Å². The molecule has 2 unspecified atom stereocenters. The molecular weight excluding hydrogens is 571 g/mol. The second kappa shape index (κ2) is 11.3. The topological polar surface area (TPSA) is 149 Å². The number of aliphatic hydroxyl groups is 4. The summed E-state index contributed by atoms with van der Waals surface area (Å²) in [6.45, 7) is 7.29. The first kappa shape index (κ1) is 29.6. The van der Waals surface area contributed by atoms with Crippen molar-refractivity contribution >= 4 is 46.3 Å². The van der Waals surface area contributed by atoms with E-state index in [2.05, 4.69) is 13.2 Å². The van der Waals surface area contributed by atoms with E-state index >= 15 is 0 Å². The van der Waals surface area contributed by atoms with Crippen LogP contribution >= 0.6 is 23.2 Å². The normalized spacial score (nSPS) is 21.7. The lowest BCUT2D eigenvalue weighted by atomic mass is 9.67. The van der Waals surface area contributed by atoms with Gasteiger partial charge in [-0.15, -0.1) is 0 Å². The van der Waals surface area contributed by atoms with E-state index in [1.807, 2.05) is 0 Å². The zero-order valence-corrected chi connectivity index (χ0v) is 22.7. The van der Waals surface area contributed by atoms with Crippen molar-refractivity contribution in [3.8, 4) is 0 Å². The molecular formula is C31H22Cl2O8. The van der Waals surface area contributed by atoms with E-state index in [-0.39, 0.29) is 43.5 Å². The molecule has 10 heteroatoms. The molecule has 208 valence electrons. The molecule has 0 fully saturated rings. The second-order valence-electron chi connectivity index (χ2n) is 9.27. The van der Waals surface area contributed by atoms with Gasteiger partial charge in [0.1, 0.15) is 23.7 Å². The predicted molar refractivity (Wildman–Crippen MR) is 152 cm³/mol. The van der Waals surface area contributed by atoms with Gasteiger partial charge >= 0.3 is 0 Å². The van der Waals surface area contributed by atoms with Gasteiger partial charge in [0, 0.05) is 32.3 Å². The Bertz CT molecular complexity index is 1520. The maximum atomic E-state index is 14.5. The SMILES string of the molecule is C=C1C(=C(O)C(C(=O)c2ccc(Cl)cc2)(C(=O)c2ccc(Cl)cc2)C(O)=C2C=CC(=O)C(O)C2=C)C=CC(=O)C1O. The maximum Gasteiger partial charge on any atom is 0.210 e. The summed E-state index contributed by atoms with van der Waals surface area (Å²) in [5.41, 5.74) is -4.82. The summed E-state index contributed by atoms with van der Waals surface area (Å²) < 4.78 is 0. The third-order valence-corrected chi connectivity index (χ3v) is 7.34. The van der Waals surface area contributed by atoms with Crippen molar-refractivity contribution in [1.82, 2.24) is 0 Å². The Morgan fingerprint density at radius 1 is 0.634 bits per heavy atom. The largest absolute Gasteiger partial charge is 0.510 e. The van der Waals surface area contributed by atoms with Crippen molar-refractivity contribution in [2.45, 2.75) is 12.2 Å². The Labute approximate surface area is 244 Å². The summed E-state index contributed by atoms with van der Waals surface area (Å²) in [6, 6.07) is 10.5. The molecule has 2 atom stereocenters. The fraction of sp³-hybridized carbons (Fsp3) is 0.0968. The van der Waals surface area contributed by atoms with Crippen LogP contribution in [0.15, 0.2) is 120 Å². The molecule has 0 aromatic heterocycles. The zero-order chi connectivity index (χ0) is 30.2. The van der Waals surface area contributed by atoms with Gasteiger partial charge in [0.2, 0.25) is 5.41 Å². The second-order valence-corrected chi connectivity index (χ2v) is 10.1. The highest BCUT2D eigenvalue weighted by molar-refractivity contribution is 6.31. The zero-order valence-electron chi connectivity index (χ0n) is 21.2. The first-order chi connectivity index (χ1) is 19.3. The summed E-state index contributed by atoms with van der Waals surface area (Å²) in [5, 5.41) is 45.1. The van der Waals surface area contributed by atoms with Crippen LogP contribution in [0.1, 0.15) is 20.7 Å². The highest BCUT2D eigenvalue weighted by atomic mass is 35.5. The van der Waals surface area contributed by atoms with Crippen molar-refractivity contribution < 1.29 is 39.6 Å². The lowest BCUT2D eigenvalue weighted by Crippen LogP contribution is -2.45. The van der Waals surface area contributed by atoms with Gasteiger partial charge < -0.3 is 20.4 Å². The molecule has 0 bridgehead atoms. The Hall–Kier alpha value is -4.34. The van der Waals surface area contributed by atoms with Gasteiger partial charge in [-0.2, -0.15) is 0 Å². The number of benzene rings is 2. The molecule has 0 radical (unpaired) electrons. The molecule has 2 aliphatic carbocycles. The van der Waals surface area contributed by atoms with E-state index in [9.17, 15) is 39.6 Å². The molecule has 41 heavy (non-hydrogen) atoms. The van der Waals surface area contributed by atoms with Crippen molar-refractivity contribution in [2.24, 2.45) is 5.41 Å². The Balaban J connectivity index is 2.19. The van der Waals surface area contributed by atoms with E-state index in [1.54, 1.807) is 0 Å².